The van der Waals surface area contributed by atoms with Crippen molar-refractivity contribution in [2.24, 2.45) is 28.8 Å². The number of nitrogens with one attached hydrogen (secondary N) is 2. The topological polar surface area (TPSA) is 169 Å². The number of carboxylic acid groups (broad SMARTS) is 1. The van der Waals surface area contributed by atoms with E-state index in [2.05, 4.69) is 10.6 Å². The first kappa shape index (κ1) is 20.8. The molecule has 5 atom stereocenters. The lowest BCUT2D eigenvalue weighted by Gasteiger charge is -2.38. The summed E-state index contributed by atoms with van der Waals surface area (Å²) in [5.41, 5.74) is 5.40. The van der Waals surface area contributed by atoms with E-state index in [0.717, 1.165) is 0 Å². The minimum atomic E-state index is -1.30. The number of aliphatic carboxylic acids is 1. The van der Waals surface area contributed by atoms with Crippen LogP contribution in [0.25, 0.3) is 0 Å². The Morgan fingerprint density at radius 1 is 1.40 bits per heavy atom. The van der Waals surface area contributed by atoms with Crippen LogP contribution in [0.4, 0.5) is 0 Å². The maximum absolute atomic E-state index is 11.7. The minimum absolute atomic E-state index is 0.0425. The molecule has 0 unspecified atom stereocenters. The van der Waals surface area contributed by atoms with Gasteiger partial charge in [0.05, 0.1) is 23.3 Å². The van der Waals surface area contributed by atoms with Crippen molar-refractivity contribution in [3.05, 3.63) is 4.91 Å². The number of nitroso groups, excluding NO2 is 1. The lowest BCUT2D eigenvalue weighted by molar-refractivity contribution is -0.145. The zero-order valence-corrected chi connectivity index (χ0v) is 14.7. The number of nitrogens with two attached hydrogens (primary N) is 1. The fraction of sp³-hybridized carbons (Fsp3) is 0.800. The van der Waals surface area contributed by atoms with Gasteiger partial charge in [0.25, 0.3) is 0 Å². The summed E-state index contributed by atoms with van der Waals surface area (Å²) in [7, 11) is 0. The third kappa shape index (κ3) is 4.44. The summed E-state index contributed by atoms with van der Waals surface area (Å²) < 4.78 is 0. The number of amides is 1. The molecule has 25 heavy (non-hydrogen) atoms. The molecule has 1 fully saturated rings. The van der Waals surface area contributed by atoms with Gasteiger partial charge in [0.1, 0.15) is 0 Å². The number of rotatable bonds is 8. The molecule has 0 aromatic carbocycles. The zero-order valence-electron chi connectivity index (χ0n) is 14.7. The number of aliphatic hydroxyl groups is 1. The van der Waals surface area contributed by atoms with Gasteiger partial charge in [-0.1, -0.05) is 26.7 Å². The highest BCUT2D eigenvalue weighted by molar-refractivity contribution is 5.76. The van der Waals surface area contributed by atoms with E-state index < -0.39 is 42.0 Å². The van der Waals surface area contributed by atoms with Gasteiger partial charge in [0.2, 0.25) is 11.9 Å². The molecular formula is C15H27N5O5. The Labute approximate surface area is 146 Å². The molecule has 6 N–H and O–H groups in total. The highest BCUT2D eigenvalue weighted by Gasteiger charge is 2.53. The number of carbonyl (C=O) groups excluding carboxylic acids is 1. The Kier molecular flexibility index (Phi) is 7.28. The van der Waals surface area contributed by atoms with Crippen LogP contribution in [0.2, 0.25) is 0 Å². The number of nitrogens with zero attached hydrogens (tertiary/aromatic N) is 2. The molecular weight excluding hydrogens is 330 g/mol. The van der Waals surface area contributed by atoms with Crippen molar-refractivity contribution >= 4 is 17.8 Å². The van der Waals surface area contributed by atoms with Crippen LogP contribution in [0, 0.1) is 28.1 Å². The standard InChI is InChI=1S/C15H27N5O5/c1-4-8(5-2)12(18-7(3)21)11-10(20(19-25)15(16)17)6-9(13(11)22)14(23)24/h8-13,22H,4-6H2,1-3H3,(H3,16,17)(H,18,21)(H,23,24)/t9-,10+,11+,12+,13+/m0/s1. The first-order valence-corrected chi connectivity index (χ1v) is 8.33. The fourth-order valence-corrected chi connectivity index (χ4v) is 3.86. The van der Waals surface area contributed by atoms with Crippen molar-refractivity contribution in [3.8, 4) is 0 Å². The molecule has 1 aliphatic rings. The van der Waals surface area contributed by atoms with Gasteiger partial charge in [-0.25, -0.2) is 0 Å². The number of hydrogen-bond donors (Lipinski definition) is 5. The minimum Gasteiger partial charge on any atom is -0.481 e. The van der Waals surface area contributed by atoms with Gasteiger partial charge in [-0.2, -0.15) is 5.01 Å². The second-order valence-corrected chi connectivity index (χ2v) is 6.43. The molecule has 0 saturated heterocycles. The average molecular weight is 357 g/mol. The van der Waals surface area contributed by atoms with Gasteiger partial charge in [-0.15, -0.1) is 4.91 Å². The molecule has 0 aromatic rings. The molecule has 0 radical (unpaired) electrons. The van der Waals surface area contributed by atoms with E-state index in [4.69, 9.17) is 11.1 Å². The molecule has 0 aliphatic heterocycles. The van der Waals surface area contributed by atoms with Crippen molar-refractivity contribution in [2.45, 2.75) is 58.2 Å². The van der Waals surface area contributed by atoms with Crippen molar-refractivity contribution in [1.29, 1.82) is 5.41 Å². The number of carbonyl (C=O) groups is 2. The molecule has 1 amide bonds. The van der Waals surface area contributed by atoms with Gasteiger partial charge in [-0.05, 0) is 12.3 Å². The molecule has 1 saturated carbocycles. The maximum Gasteiger partial charge on any atom is 0.309 e. The molecule has 10 heteroatoms. The largest absolute Gasteiger partial charge is 0.481 e. The molecule has 1 aliphatic carbocycles. The summed E-state index contributed by atoms with van der Waals surface area (Å²) in [6, 6.07) is -1.45. The van der Waals surface area contributed by atoms with E-state index >= 15 is 0 Å². The fourth-order valence-electron chi connectivity index (χ4n) is 3.86. The van der Waals surface area contributed by atoms with Crippen LogP contribution >= 0.6 is 0 Å². The average Bonchev–Trinajstić information content (AvgIpc) is 2.84. The Morgan fingerprint density at radius 3 is 2.32 bits per heavy atom. The van der Waals surface area contributed by atoms with Gasteiger partial charge < -0.3 is 21.3 Å². The van der Waals surface area contributed by atoms with Crippen LogP contribution in [-0.4, -0.2) is 51.2 Å². The summed E-state index contributed by atoms with van der Waals surface area (Å²) in [4.78, 5) is 34.3. The van der Waals surface area contributed by atoms with Crippen LogP contribution in [0.5, 0.6) is 0 Å². The second-order valence-electron chi connectivity index (χ2n) is 6.43. The molecule has 0 aromatic heterocycles. The predicted octanol–water partition coefficient (Wildman–Crippen LogP) is 0.254. The molecule has 0 heterocycles. The third-order valence-electron chi connectivity index (χ3n) is 5.05. The number of aliphatic hydroxyl groups excluding tert-OH is 1. The monoisotopic (exact) mass is 357 g/mol. The van der Waals surface area contributed by atoms with Crippen molar-refractivity contribution < 1.29 is 19.8 Å². The van der Waals surface area contributed by atoms with Crippen LogP contribution in [0.3, 0.4) is 0 Å². The summed E-state index contributed by atoms with van der Waals surface area (Å²) in [5.74, 6) is -4.13. The van der Waals surface area contributed by atoms with E-state index in [1.807, 2.05) is 13.8 Å². The van der Waals surface area contributed by atoms with Gasteiger partial charge >= 0.3 is 5.97 Å². The Bertz CT molecular complexity index is 524. The smallest absolute Gasteiger partial charge is 0.309 e. The van der Waals surface area contributed by atoms with Gasteiger partial charge in [0, 0.05) is 18.9 Å². The normalized spacial score (nSPS) is 26.9. The number of carboxylic acids is 1. The van der Waals surface area contributed by atoms with Crippen molar-refractivity contribution in [1.82, 2.24) is 10.3 Å². The molecule has 0 bridgehead atoms. The molecule has 10 nitrogen and oxygen atoms in total. The Balaban J connectivity index is 3.36. The van der Waals surface area contributed by atoms with E-state index in [1.54, 1.807) is 0 Å². The van der Waals surface area contributed by atoms with E-state index in [1.165, 1.54) is 6.92 Å². The summed E-state index contributed by atoms with van der Waals surface area (Å²) in [5, 5.41) is 33.7. The summed E-state index contributed by atoms with van der Waals surface area (Å²) >= 11 is 0. The lowest BCUT2D eigenvalue weighted by atomic mass is 9.80. The summed E-state index contributed by atoms with van der Waals surface area (Å²) in [6.45, 7) is 5.19. The SMILES string of the molecule is CCC(CC)[C@@H](NC(C)=O)[C@@H]1[C@H](O)[C@@H](C(=O)O)C[C@H]1N(N=O)C(=N)N. The maximum atomic E-state index is 11.7. The van der Waals surface area contributed by atoms with E-state index in [-0.39, 0.29) is 18.2 Å². The highest BCUT2D eigenvalue weighted by Crippen LogP contribution is 2.40. The zero-order chi connectivity index (χ0) is 19.3. The quantitative estimate of drug-likeness (QED) is 0.179. The Morgan fingerprint density at radius 2 is 1.96 bits per heavy atom. The van der Waals surface area contributed by atoms with Crippen LogP contribution in [-0.2, 0) is 9.59 Å². The van der Waals surface area contributed by atoms with Crippen LogP contribution in [0.15, 0.2) is 5.29 Å². The molecule has 0 spiro atoms. The van der Waals surface area contributed by atoms with Crippen LogP contribution < -0.4 is 11.1 Å². The van der Waals surface area contributed by atoms with Crippen LogP contribution in [0.1, 0.15) is 40.0 Å². The Hall–Kier alpha value is -2.23. The van der Waals surface area contributed by atoms with Crippen molar-refractivity contribution in [2.75, 3.05) is 0 Å². The first-order chi connectivity index (χ1) is 11.7. The highest BCUT2D eigenvalue weighted by atomic mass is 16.4. The molecule has 142 valence electrons. The number of guanidine groups is 1. The van der Waals surface area contributed by atoms with Gasteiger partial charge in [0.15, 0.2) is 0 Å². The second kappa shape index (κ2) is 8.75. The van der Waals surface area contributed by atoms with E-state index in [0.29, 0.717) is 17.9 Å². The molecule has 1 rings (SSSR count). The van der Waals surface area contributed by atoms with Crippen molar-refractivity contribution in [3.63, 3.8) is 0 Å². The van der Waals surface area contributed by atoms with E-state index in [9.17, 15) is 24.7 Å². The first-order valence-electron chi connectivity index (χ1n) is 8.33. The summed E-state index contributed by atoms with van der Waals surface area (Å²) in [6.07, 6.45) is -0.0283. The lowest BCUT2D eigenvalue weighted by Crippen LogP contribution is -2.54. The number of hydrogen-bond acceptors (Lipinski definition) is 6. The van der Waals surface area contributed by atoms with Gasteiger partial charge in [-0.3, -0.25) is 15.0 Å². The predicted molar refractivity (Wildman–Crippen MR) is 90.3 cm³/mol. The third-order valence-corrected chi connectivity index (χ3v) is 5.05.